The number of anilines is 1. The van der Waals surface area contributed by atoms with Crippen LogP contribution in [0, 0.1) is 12.3 Å². The predicted octanol–water partition coefficient (Wildman–Crippen LogP) is 1.78. The van der Waals surface area contributed by atoms with Gasteiger partial charge in [0.25, 0.3) is 0 Å². The Morgan fingerprint density at radius 2 is 2.14 bits per heavy atom. The topological polar surface area (TPSA) is 29.3 Å². The first-order valence-electron chi connectivity index (χ1n) is 4.66. The summed E-state index contributed by atoms with van der Waals surface area (Å²) in [6, 6.07) is 8.09. The third kappa shape index (κ3) is 2.27. The average molecular weight is 188 g/mol. The lowest BCUT2D eigenvalue weighted by molar-refractivity contribution is 0.810. The smallest absolute Gasteiger partial charge is 0.0788 e. The van der Waals surface area contributed by atoms with Crippen LogP contribution >= 0.6 is 0 Å². The number of rotatable bonds is 3. The standard InChI is InChI=1S/C12H16N2/c1-4-9-14(3)12-8-6-5-7-11(12)10(2)13/h1,5-8,10H,9,13H2,2-3H3/t10-/m1/s1. The molecule has 1 atom stereocenters. The predicted molar refractivity (Wildman–Crippen MR) is 61.1 cm³/mol. The summed E-state index contributed by atoms with van der Waals surface area (Å²) < 4.78 is 0. The van der Waals surface area contributed by atoms with Gasteiger partial charge in [-0.05, 0) is 18.6 Å². The normalized spacial score (nSPS) is 11.9. The number of terminal acetylenes is 1. The summed E-state index contributed by atoms with van der Waals surface area (Å²) >= 11 is 0. The highest BCUT2D eigenvalue weighted by Crippen LogP contribution is 2.23. The van der Waals surface area contributed by atoms with Crippen molar-refractivity contribution < 1.29 is 0 Å². The van der Waals surface area contributed by atoms with E-state index in [1.807, 2.05) is 43.1 Å². The number of para-hydroxylation sites is 1. The highest BCUT2D eigenvalue weighted by atomic mass is 15.1. The van der Waals surface area contributed by atoms with Gasteiger partial charge in [0.2, 0.25) is 0 Å². The molecule has 74 valence electrons. The second-order valence-electron chi connectivity index (χ2n) is 3.41. The molecule has 0 aromatic heterocycles. The molecule has 2 N–H and O–H groups in total. The minimum Gasteiger partial charge on any atom is -0.363 e. The van der Waals surface area contributed by atoms with E-state index < -0.39 is 0 Å². The summed E-state index contributed by atoms with van der Waals surface area (Å²) in [5, 5.41) is 0. The van der Waals surface area contributed by atoms with Crippen LogP contribution in [0.4, 0.5) is 5.69 Å². The Balaban J connectivity index is 3.01. The molecule has 0 amide bonds. The molecule has 2 nitrogen and oxygen atoms in total. The van der Waals surface area contributed by atoms with Gasteiger partial charge in [-0.15, -0.1) is 6.42 Å². The average Bonchev–Trinajstić information content (AvgIpc) is 2.18. The summed E-state index contributed by atoms with van der Waals surface area (Å²) in [4.78, 5) is 2.03. The van der Waals surface area contributed by atoms with Crippen LogP contribution in [0.3, 0.4) is 0 Å². The number of hydrogen-bond acceptors (Lipinski definition) is 2. The van der Waals surface area contributed by atoms with Crippen molar-refractivity contribution >= 4 is 5.69 Å². The van der Waals surface area contributed by atoms with Crippen LogP contribution in [0.5, 0.6) is 0 Å². The fourth-order valence-corrected chi connectivity index (χ4v) is 1.44. The Labute approximate surface area is 85.7 Å². The van der Waals surface area contributed by atoms with Gasteiger partial charge in [0.05, 0.1) is 6.54 Å². The first-order valence-corrected chi connectivity index (χ1v) is 4.66. The summed E-state index contributed by atoms with van der Waals surface area (Å²) in [5.74, 6) is 2.62. The molecule has 0 saturated carbocycles. The molecular weight excluding hydrogens is 172 g/mol. The first-order chi connectivity index (χ1) is 6.66. The Hall–Kier alpha value is -1.46. The molecule has 1 aromatic carbocycles. The lowest BCUT2D eigenvalue weighted by Crippen LogP contribution is -2.20. The van der Waals surface area contributed by atoms with Gasteiger partial charge in [-0.2, -0.15) is 0 Å². The zero-order valence-electron chi connectivity index (χ0n) is 8.70. The zero-order valence-corrected chi connectivity index (χ0v) is 8.70. The van der Waals surface area contributed by atoms with E-state index in [4.69, 9.17) is 12.2 Å². The van der Waals surface area contributed by atoms with Gasteiger partial charge in [0.15, 0.2) is 0 Å². The Morgan fingerprint density at radius 3 is 2.71 bits per heavy atom. The molecule has 0 aliphatic rings. The largest absolute Gasteiger partial charge is 0.363 e. The van der Waals surface area contributed by atoms with Crippen molar-refractivity contribution in [2.24, 2.45) is 5.73 Å². The monoisotopic (exact) mass is 188 g/mol. The van der Waals surface area contributed by atoms with Crippen LogP contribution in [0.25, 0.3) is 0 Å². The van der Waals surface area contributed by atoms with E-state index in [1.165, 1.54) is 0 Å². The van der Waals surface area contributed by atoms with Crippen LogP contribution in [-0.2, 0) is 0 Å². The highest BCUT2D eigenvalue weighted by molar-refractivity contribution is 5.54. The molecule has 0 radical (unpaired) electrons. The van der Waals surface area contributed by atoms with E-state index in [-0.39, 0.29) is 6.04 Å². The lowest BCUT2D eigenvalue weighted by Gasteiger charge is -2.21. The Bertz CT molecular complexity index is 336. The van der Waals surface area contributed by atoms with Gasteiger partial charge in [0, 0.05) is 18.8 Å². The fraction of sp³-hybridized carbons (Fsp3) is 0.333. The summed E-state index contributed by atoms with van der Waals surface area (Å²) in [6.07, 6.45) is 5.27. The van der Waals surface area contributed by atoms with E-state index >= 15 is 0 Å². The molecule has 0 fully saturated rings. The molecule has 14 heavy (non-hydrogen) atoms. The van der Waals surface area contributed by atoms with Gasteiger partial charge in [-0.1, -0.05) is 24.1 Å². The minimum absolute atomic E-state index is 0.0337. The SMILES string of the molecule is C#CCN(C)c1ccccc1[C@@H](C)N. The second-order valence-corrected chi connectivity index (χ2v) is 3.41. The Morgan fingerprint density at radius 1 is 1.50 bits per heavy atom. The van der Waals surface area contributed by atoms with E-state index in [1.54, 1.807) is 0 Å². The van der Waals surface area contributed by atoms with Crippen molar-refractivity contribution in [3.05, 3.63) is 29.8 Å². The third-order valence-corrected chi connectivity index (χ3v) is 2.17. The van der Waals surface area contributed by atoms with Crippen molar-refractivity contribution in [2.45, 2.75) is 13.0 Å². The quantitative estimate of drug-likeness (QED) is 0.733. The number of nitrogens with zero attached hydrogens (tertiary/aromatic N) is 1. The molecule has 0 heterocycles. The first kappa shape index (κ1) is 10.6. The molecule has 2 heteroatoms. The number of nitrogens with two attached hydrogens (primary N) is 1. The maximum absolute atomic E-state index is 5.87. The van der Waals surface area contributed by atoms with Crippen molar-refractivity contribution in [2.75, 3.05) is 18.5 Å². The molecule has 1 aromatic rings. The fourth-order valence-electron chi connectivity index (χ4n) is 1.44. The zero-order chi connectivity index (χ0) is 10.6. The highest BCUT2D eigenvalue weighted by Gasteiger charge is 2.08. The van der Waals surface area contributed by atoms with Crippen LogP contribution in [0.1, 0.15) is 18.5 Å². The van der Waals surface area contributed by atoms with Crippen molar-refractivity contribution in [1.29, 1.82) is 0 Å². The van der Waals surface area contributed by atoms with Gasteiger partial charge >= 0.3 is 0 Å². The maximum atomic E-state index is 5.87. The molecule has 0 aliphatic heterocycles. The molecular formula is C12H16N2. The van der Waals surface area contributed by atoms with E-state index in [0.717, 1.165) is 11.3 Å². The molecule has 0 aliphatic carbocycles. The van der Waals surface area contributed by atoms with E-state index in [2.05, 4.69) is 5.92 Å². The number of benzene rings is 1. The van der Waals surface area contributed by atoms with Crippen LogP contribution < -0.4 is 10.6 Å². The van der Waals surface area contributed by atoms with E-state index in [9.17, 15) is 0 Å². The molecule has 0 bridgehead atoms. The number of hydrogen-bond donors (Lipinski definition) is 1. The second kappa shape index (κ2) is 4.69. The molecule has 0 spiro atoms. The van der Waals surface area contributed by atoms with Gasteiger partial charge in [-0.3, -0.25) is 0 Å². The van der Waals surface area contributed by atoms with Crippen LogP contribution in [0.2, 0.25) is 0 Å². The molecule has 0 saturated heterocycles. The lowest BCUT2D eigenvalue weighted by atomic mass is 10.1. The summed E-state index contributed by atoms with van der Waals surface area (Å²) in [5.41, 5.74) is 8.11. The summed E-state index contributed by atoms with van der Waals surface area (Å²) in [6.45, 7) is 2.58. The van der Waals surface area contributed by atoms with Gasteiger partial charge < -0.3 is 10.6 Å². The van der Waals surface area contributed by atoms with Crippen molar-refractivity contribution in [3.63, 3.8) is 0 Å². The molecule has 0 unspecified atom stereocenters. The minimum atomic E-state index is 0.0337. The van der Waals surface area contributed by atoms with Crippen molar-refractivity contribution in [1.82, 2.24) is 0 Å². The maximum Gasteiger partial charge on any atom is 0.0788 e. The van der Waals surface area contributed by atoms with Gasteiger partial charge in [0.1, 0.15) is 0 Å². The van der Waals surface area contributed by atoms with Gasteiger partial charge in [-0.25, -0.2) is 0 Å². The Kier molecular flexibility index (Phi) is 3.55. The van der Waals surface area contributed by atoms with Crippen LogP contribution in [0.15, 0.2) is 24.3 Å². The van der Waals surface area contributed by atoms with Crippen molar-refractivity contribution in [3.8, 4) is 12.3 Å². The molecule has 1 rings (SSSR count). The summed E-state index contributed by atoms with van der Waals surface area (Å²) in [7, 11) is 1.97. The van der Waals surface area contributed by atoms with Crippen LogP contribution in [-0.4, -0.2) is 13.6 Å². The van der Waals surface area contributed by atoms with E-state index in [0.29, 0.717) is 6.54 Å². The third-order valence-electron chi connectivity index (χ3n) is 2.17.